The second-order valence-electron chi connectivity index (χ2n) is 6.15. The van der Waals surface area contributed by atoms with Gasteiger partial charge in [-0.25, -0.2) is 4.79 Å². The fourth-order valence-corrected chi connectivity index (χ4v) is 2.38. The molecule has 118 valence electrons. The Kier molecular flexibility index (Phi) is 7.25. The summed E-state index contributed by atoms with van der Waals surface area (Å²) >= 11 is 0. The van der Waals surface area contributed by atoms with Gasteiger partial charge >= 0.3 is 64.3 Å². The van der Waals surface area contributed by atoms with E-state index in [0.717, 1.165) is 0 Å². The zero-order valence-electron chi connectivity index (χ0n) is 14.1. The van der Waals surface area contributed by atoms with E-state index in [4.69, 9.17) is 10.5 Å². The number of hydrogen-bond acceptors (Lipinski definition) is 3. The summed E-state index contributed by atoms with van der Waals surface area (Å²) in [5.41, 5.74) is 4.20. The summed E-state index contributed by atoms with van der Waals surface area (Å²) in [4.78, 5) is 12.2. The molecule has 0 radical (unpaired) electrons. The van der Waals surface area contributed by atoms with Crippen molar-refractivity contribution < 1.29 is 73.9 Å². The fourth-order valence-electron chi connectivity index (χ4n) is 2.38. The zero-order chi connectivity index (χ0) is 16.7. The largest absolute Gasteiger partial charge is 1.00 e. The Balaban J connectivity index is 0.00000441. The Hall–Kier alpha value is -0.0187. The van der Waals surface area contributed by atoms with Gasteiger partial charge in [-0.3, -0.25) is 0 Å². The van der Waals surface area contributed by atoms with Crippen LogP contribution in [-0.4, -0.2) is 18.5 Å². The molecule has 0 spiro atoms. The number of ether oxygens (including phenoxy) is 1. The quantitative estimate of drug-likeness (QED) is 0.475. The molecule has 0 saturated heterocycles. The van der Waals surface area contributed by atoms with Crippen molar-refractivity contribution in [2.24, 2.45) is 0 Å². The van der Waals surface area contributed by atoms with Crippen molar-refractivity contribution in [2.75, 3.05) is 5.73 Å². The van der Waals surface area contributed by atoms with E-state index in [9.17, 15) is 17.7 Å². The van der Waals surface area contributed by atoms with Crippen LogP contribution in [0.4, 0.5) is 18.6 Å². The van der Waals surface area contributed by atoms with Crippen LogP contribution in [0.15, 0.2) is 0 Å². The number of halogens is 3. The molecule has 0 fully saturated rings. The topological polar surface area (TPSA) is 52.3 Å². The maximum Gasteiger partial charge on any atom is 1.00 e. The minimum absolute atomic E-state index is 0. The number of hydrogen-bond donors (Lipinski definition) is 1. The number of rotatable bonds is 2. The van der Waals surface area contributed by atoms with Gasteiger partial charge in [-0.15, -0.1) is 0 Å². The molecule has 0 unspecified atom stereocenters. The summed E-state index contributed by atoms with van der Waals surface area (Å²) in [5.74, 6) is -0.787. The first-order valence-corrected chi connectivity index (χ1v) is 6.59. The van der Waals surface area contributed by atoms with Gasteiger partial charge in [0.05, 0.1) is 5.56 Å². The van der Waals surface area contributed by atoms with E-state index in [0.29, 0.717) is 5.56 Å². The van der Waals surface area contributed by atoms with Crippen LogP contribution in [-0.2, 0) is 4.74 Å². The molecule has 0 bridgehead atoms. The molecule has 1 rings (SSSR count). The second-order valence-corrected chi connectivity index (χ2v) is 6.15. The van der Waals surface area contributed by atoms with Gasteiger partial charge in [0, 0.05) is 5.69 Å². The van der Waals surface area contributed by atoms with Crippen LogP contribution in [0, 0.1) is 20.8 Å². The van der Waals surface area contributed by atoms with Crippen molar-refractivity contribution in [1.29, 1.82) is 0 Å². The summed E-state index contributed by atoms with van der Waals surface area (Å²) in [7, 11) is 0. The zero-order valence-corrected chi connectivity index (χ0v) is 17.2. The molecule has 0 atom stereocenters. The molecule has 0 aliphatic heterocycles. The number of nitrogen functional groups attached to an aromatic ring is 1. The number of benzene rings is 1. The molecule has 0 amide bonds. The molecular weight excluding hydrogens is 321 g/mol. The number of esters is 1. The fraction of sp³-hybridized carbons (Fsp3) is 0.500. The second kappa shape index (κ2) is 7.25. The normalized spacial score (nSPS) is 11.9. The van der Waals surface area contributed by atoms with Gasteiger partial charge in [0.15, 0.2) is 0 Å². The van der Waals surface area contributed by atoms with E-state index in [1.54, 1.807) is 20.8 Å². The third-order valence-corrected chi connectivity index (χ3v) is 3.30. The van der Waals surface area contributed by atoms with Crippen molar-refractivity contribution in [3.8, 4) is 0 Å². The summed E-state index contributed by atoms with van der Waals surface area (Å²) in [6.07, 6.45) is 0. The first kappa shape index (κ1) is 22.0. The molecule has 0 heterocycles. The van der Waals surface area contributed by atoms with E-state index in [1.807, 2.05) is 0 Å². The minimum Gasteiger partial charge on any atom is -0.456 e. The molecule has 1 aromatic rings. The van der Waals surface area contributed by atoms with Crippen LogP contribution in [0.25, 0.3) is 0 Å². The molecule has 3 nitrogen and oxygen atoms in total. The van der Waals surface area contributed by atoms with Crippen LogP contribution in [0.1, 0.15) is 47.8 Å². The molecule has 0 aliphatic rings. The van der Waals surface area contributed by atoms with Crippen LogP contribution >= 0.6 is 0 Å². The Morgan fingerprint density at radius 3 is 1.86 bits per heavy atom. The predicted molar refractivity (Wildman–Crippen MR) is 78.9 cm³/mol. The molecule has 8 heteroatoms. The first-order chi connectivity index (χ1) is 9.27. The van der Waals surface area contributed by atoms with Gasteiger partial charge in [-0.2, -0.15) is 0 Å². The first-order valence-electron chi connectivity index (χ1n) is 6.59. The van der Waals surface area contributed by atoms with Crippen molar-refractivity contribution in [1.82, 2.24) is 0 Å². The SMILES string of the molecule is Cc1c(N)c(C)c([B-](F)(F)F)c(C)c1C(=O)OC(C)(C)C.[K+]. The average molecular weight is 341 g/mol. The van der Waals surface area contributed by atoms with Crippen molar-refractivity contribution in [3.63, 3.8) is 0 Å². The maximum atomic E-state index is 13.3. The molecule has 0 aliphatic carbocycles. The van der Waals surface area contributed by atoms with Crippen molar-refractivity contribution in [3.05, 3.63) is 22.3 Å². The molecule has 0 aromatic heterocycles. The van der Waals surface area contributed by atoms with E-state index in [2.05, 4.69) is 0 Å². The third kappa shape index (κ3) is 4.74. The van der Waals surface area contributed by atoms with Crippen LogP contribution in [0.2, 0.25) is 0 Å². The van der Waals surface area contributed by atoms with Gasteiger partial charge in [0.1, 0.15) is 5.60 Å². The molecule has 2 N–H and O–H groups in total. The molecule has 22 heavy (non-hydrogen) atoms. The van der Waals surface area contributed by atoms with E-state index in [1.165, 1.54) is 20.8 Å². The van der Waals surface area contributed by atoms with Gasteiger partial charge in [0.25, 0.3) is 0 Å². The summed E-state index contributed by atoms with van der Waals surface area (Å²) < 4.78 is 45.0. The number of anilines is 1. The number of carbonyl (C=O) groups excluding carboxylic acids is 1. The number of carbonyl (C=O) groups is 1. The van der Waals surface area contributed by atoms with Gasteiger partial charge in [-0.1, -0.05) is 16.6 Å². The summed E-state index contributed by atoms with van der Waals surface area (Å²) in [6, 6.07) is 0. The molecule has 1 aromatic carbocycles. The van der Waals surface area contributed by atoms with Gasteiger partial charge < -0.3 is 23.4 Å². The maximum absolute atomic E-state index is 13.3. The summed E-state index contributed by atoms with van der Waals surface area (Å²) in [6.45, 7) is 3.83. The minimum atomic E-state index is -5.26. The third-order valence-electron chi connectivity index (χ3n) is 3.30. The molecular formula is C14H20BF3KNO2. The Morgan fingerprint density at radius 2 is 1.50 bits per heavy atom. The predicted octanol–water partition coefficient (Wildman–Crippen LogP) is 0.208. The van der Waals surface area contributed by atoms with Crippen LogP contribution < -0.4 is 62.6 Å². The van der Waals surface area contributed by atoms with E-state index < -0.39 is 24.0 Å². The monoisotopic (exact) mass is 341 g/mol. The van der Waals surface area contributed by atoms with Crippen LogP contribution in [0.5, 0.6) is 0 Å². The average Bonchev–Trinajstić information content (AvgIpc) is 2.21. The Bertz CT molecular complexity index is 595. The van der Waals surface area contributed by atoms with Gasteiger partial charge in [-0.05, 0) is 47.1 Å². The standard InChI is InChI=1S/C14H20BF3NO2.K/c1-7-10(13(20)21-14(4,5)6)8(2)12(19)9(3)11(7)15(16,17)18;/h19H2,1-6H3;/q-1;+1. The smallest absolute Gasteiger partial charge is 0.456 e. The molecule has 0 saturated carbocycles. The Labute approximate surface area is 171 Å². The van der Waals surface area contributed by atoms with E-state index in [-0.39, 0.29) is 73.8 Å². The van der Waals surface area contributed by atoms with Crippen molar-refractivity contribution >= 4 is 24.1 Å². The Morgan fingerprint density at radius 1 is 1.05 bits per heavy atom. The van der Waals surface area contributed by atoms with Gasteiger partial charge in [0.2, 0.25) is 0 Å². The summed E-state index contributed by atoms with van der Waals surface area (Å²) in [5, 5.41) is 0. The van der Waals surface area contributed by atoms with E-state index >= 15 is 0 Å². The van der Waals surface area contributed by atoms with Crippen molar-refractivity contribution in [2.45, 2.75) is 47.1 Å². The van der Waals surface area contributed by atoms with Crippen LogP contribution in [0.3, 0.4) is 0 Å². The number of nitrogens with two attached hydrogens (primary N) is 1.